The summed E-state index contributed by atoms with van der Waals surface area (Å²) in [5, 5.41) is 5.01. The number of hydrogen-bond donors (Lipinski definition) is 1. The fraction of sp³-hybridized carbons (Fsp3) is 0.308. The third-order valence-electron chi connectivity index (χ3n) is 2.89. The molecule has 1 unspecified atom stereocenters. The number of aryl methyl sites for hydroxylation is 2. The summed E-state index contributed by atoms with van der Waals surface area (Å²) in [6.07, 6.45) is 0.721. The van der Waals surface area contributed by atoms with E-state index in [0.29, 0.717) is 5.02 Å². The van der Waals surface area contributed by atoms with Gasteiger partial charge in [0, 0.05) is 34.7 Å². The summed E-state index contributed by atoms with van der Waals surface area (Å²) in [5.74, 6) is 0. The van der Waals surface area contributed by atoms with E-state index in [0.717, 1.165) is 27.8 Å². The topological polar surface area (TPSA) is 43.8 Å². The molecule has 3 nitrogen and oxygen atoms in total. The fourth-order valence-electron chi connectivity index (χ4n) is 1.99. The third kappa shape index (κ3) is 2.94. The van der Waals surface area contributed by atoms with Crippen molar-refractivity contribution in [1.82, 2.24) is 9.78 Å². The van der Waals surface area contributed by atoms with E-state index in [9.17, 15) is 0 Å². The van der Waals surface area contributed by atoms with Crippen molar-refractivity contribution in [2.45, 2.75) is 19.4 Å². The van der Waals surface area contributed by atoms with E-state index < -0.39 is 0 Å². The van der Waals surface area contributed by atoms with E-state index >= 15 is 0 Å². The van der Waals surface area contributed by atoms with Crippen LogP contribution in [0.3, 0.4) is 0 Å². The Hall–Kier alpha value is -0.840. The molecular weight excluding hydrogens is 314 g/mol. The van der Waals surface area contributed by atoms with E-state index in [4.69, 9.17) is 17.3 Å². The molecule has 0 radical (unpaired) electrons. The van der Waals surface area contributed by atoms with Crippen LogP contribution >= 0.6 is 27.5 Å². The lowest BCUT2D eigenvalue weighted by atomic mass is 10.0. The number of nitrogens with zero attached hydrogens (tertiary/aromatic N) is 2. The summed E-state index contributed by atoms with van der Waals surface area (Å²) in [5.41, 5.74) is 9.28. The van der Waals surface area contributed by atoms with Gasteiger partial charge in [0.1, 0.15) is 0 Å². The molecule has 1 heterocycles. The normalized spacial score (nSPS) is 12.7. The molecule has 0 fully saturated rings. The molecule has 0 spiro atoms. The Morgan fingerprint density at radius 2 is 2.17 bits per heavy atom. The third-order valence-corrected chi connectivity index (χ3v) is 3.71. The standard InChI is InChI=1S/C13H15BrClN3/c1-8-5-10(18(2)17-8)7-13(16)11-4-3-9(14)6-12(11)15/h3-6,13H,7,16H2,1-2H3. The van der Waals surface area contributed by atoms with Crippen molar-refractivity contribution in [2.24, 2.45) is 12.8 Å². The van der Waals surface area contributed by atoms with Crippen molar-refractivity contribution in [3.05, 3.63) is 50.7 Å². The lowest BCUT2D eigenvalue weighted by molar-refractivity contribution is 0.640. The van der Waals surface area contributed by atoms with E-state index in [2.05, 4.69) is 21.0 Å². The molecule has 5 heteroatoms. The Balaban J connectivity index is 2.21. The van der Waals surface area contributed by atoms with Crippen molar-refractivity contribution in [3.63, 3.8) is 0 Å². The van der Waals surface area contributed by atoms with Gasteiger partial charge in [-0.25, -0.2) is 0 Å². The van der Waals surface area contributed by atoms with Crippen LogP contribution in [0.5, 0.6) is 0 Å². The first-order valence-electron chi connectivity index (χ1n) is 5.67. The molecule has 0 amide bonds. The van der Waals surface area contributed by atoms with Gasteiger partial charge < -0.3 is 5.73 Å². The summed E-state index contributed by atoms with van der Waals surface area (Å²) in [6, 6.07) is 7.70. The predicted molar refractivity (Wildman–Crippen MR) is 77.7 cm³/mol. The molecule has 1 atom stereocenters. The van der Waals surface area contributed by atoms with Gasteiger partial charge in [0.05, 0.1) is 5.69 Å². The second kappa shape index (κ2) is 5.43. The lowest BCUT2D eigenvalue weighted by Crippen LogP contribution is -2.15. The highest BCUT2D eigenvalue weighted by Gasteiger charge is 2.13. The molecule has 0 aliphatic heterocycles. The molecule has 0 aliphatic rings. The molecule has 18 heavy (non-hydrogen) atoms. The van der Waals surface area contributed by atoms with Crippen LogP contribution in [0, 0.1) is 6.92 Å². The van der Waals surface area contributed by atoms with Gasteiger partial charge in [-0.05, 0) is 30.7 Å². The van der Waals surface area contributed by atoms with E-state index in [1.54, 1.807) is 0 Å². The van der Waals surface area contributed by atoms with Crippen molar-refractivity contribution < 1.29 is 0 Å². The molecule has 1 aromatic heterocycles. The summed E-state index contributed by atoms with van der Waals surface area (Å²) >= 11 is 9.59. The Morgan fingerprint density at radius 1 is 1.44 bits per heavy atom. The van der Waals surface area contributed by atoms with Crippen LogP contribution < -0.4 is 5.73 Å². The van der Waals surface area contributed by atoms with Crippen molar-refractivity contribution in [2.75, 3.05) is 0 Å². The Labute approximate surface area is 120 Å². The quantitative estimate of drug-likeness (QED) is 0.938. The van der Waals surface area contributed by atoms with Gasteiger partial charge in [-0.3, -0.25) is 4.68 Å². The van der Waals surface area contributed by atoms with Crippen LogP contribution in [-0.2, 0) is 13.5 Å². The number of nitrogens with two attached hydrogens (primary N) is 1. The lowest BCUT2D eigenvalue weighted by Gasteiger charge is -2.14. The monoisotopic (exact) mass is 327 g/mol. The van der Waals surface area contributed by atoms with Crippen LogP contribution in [0.25, 0.3) is 0 Å². The minimum atomic E-state index is -0.125. The molecule has 1 aromatic carbocycles. The predicted octanol–water partition coefficient (Wildman–Crippen LogP) is 3.39. The summed E-state index contributed by atoms with van der Waals surface area (Å²) in [4.78, 5) is 0. The van der Waals surface area contributed by atoms with Crippen molar-refractivity contribution >= 4 is 27.5 Å². The molecule has 0 bridgehead atoms. The van der Waals surface area contributed by atoms with Crippen LogP contribution in [-0.4, -0.2) is 9.78 Å². The summed E-state index contributed by atoms with van der Waals surface area (Å²) < 4.78 is 2.82. The first kappa shape index (κ1) is 13.6. The number of halogens is 2. The highest BCUT2D eigenvalue weighted by molar-refractivity contribution is 9.10. The van der Waals surface area contributed by atoms with E-state index in [1.807, 2.05) is 42.9 Å². The van der Waals surface area contributed by atoms with Crippen molar-refractivity contribution in [1.29, 1.82) is 0 Å². The highest BCUT2D eigenvalue weighted by Crippen LogP contribution is 2.27. The fourth-order valence-corrected chi connectivity index (χ4v) is 2.81. The number of benzene rings is 1. The molecular formula is C13H15BrClN3. The van der Waals surface area contributed by atoms with E-state index in [-0.39, 0.29) is 6.04 Å². The van der Waals surface area contributed by atoms with Gasteiger partial charge in [0.2, 0.25) is 0 Å². The average Bonchev–Trinajstić information content (AvgIpc) is 2.57. The molecule has 96 valence electrons. The SMILES string of the molecule is Cc1cc(CC(N)c2ccc(Br)cc2Cl)n(C)n1. The maximum absolute atomic E-state index is 6.22. The van der Waals surface area contributed by atoms with Crippen molar-refractivity contribution in [3.8, 4) is 0 Å². The zero-order valence-corrected chi connectivity index (χ0v) is 12.7. The van der Waals surface area contributed by atoms with Gasteiger partial charge in [-0.2, -0.15) is 5.10 Å². The van der Waals surface area contributed by atoms with Crippen LogP contribution in [0.1, 0.15) is 23.0 Å². The maximum Gasteiger partial charge on any atom is 0.0596 e. The minimum absolute atomic E-state index is 0.125. The average molecular weight is 329 g/mol. The molecule has 0 saturated carbocycles. The Morgan fingerprint density at radius 3 is 2.72 bits per heavy atom. The second-order valence-corrected chi connectivity index (χ2v) is 5.70. The number of aromatic nitrogens is 2. The largest absolute Gasteiger partial charge is 0.324 e. The number of hydrogen-bond acceptors (Lipinski definition) is 2. The first-order valence-corrected chi connectivity index (χ1v) is 6.84. The maximum atomic E-state index is 6.22. The first-order chi connectivity index (χ1) is 8.47. The minimum Gasteiger partial charge on any atom is -0.324 e. The van der Waals surface area contributed by atoms with Crippen LogP contribution in [0.15, 0.2) is 28.7 Å². The molecule has 0 saturated heterocycles. The molecule has 2 rings (SSSR count). The second-order valence-electron chi connectivity index (χ2n) is 4.38. The zero-order valence-electron chi connectivity index (χ0n) is 10.3. The van der Waals surface area contributed by atoms with E-state index in [1.165, 1.54) is 0 Å². The van der Waals surface area contributed by atoms with Crippen LogP contribution in [0.4, 0.5) is 0 Å². The smallest absolute Gasteiger partial charge is 0.0596 e. The number of rotatable bonds is 3. The molecule has 0 aliphatic carbocycles. The Bertz CT molecular complexity index is 565. The van der Waals surface area contributed by atoms with Gasteiger partial charge in [0.15, 0.2) is 0 Å². The van der Waals surface area contributed by atoms with Gasteiger partial charge in [-0.1, -0.05) is 33.6 Å². The molecule has 2 aromatic rings. The summed E-state index contributed by atoms with van der Waals surface area (Å²) in [7, 11) is 1.93. The Kier molecular flexibility index (Phi) is 4.10. The molecule has 2 N–H and O–H groups in total. The van der Waals surface area contributed by atoms with Gasteiger partial charge >= 0.3 is 0 Å². The van der Waals surface area contributed by atoms with Gasteiger partial charge in [0.25, 0.3) is 0 Å². The van der Waals surface area contributed by atoms with Gasteiger partial charge in [-0.15, -0.1) is 0 Å². The zero-order chi connectivity index (χ0) is 13.3. The summed E-state index contributed by atoms with van der Waals surface area (Å²) in [6.45, 7) is 1.97. The van der Waals surface area contributed by atoms with Crippen LogP contribution in [0.2, 0.25) is 5.02 Å². The highest BCUT2D eigenvalue weighted by atomic mass is 79.9.